The van der Waals surface area contributed by atoms with Crippen LogP contribution in [0.3, 0.4) is 0 Å². The van der Waals surface area contributed by atoms with Gasteiger partial charge in [0.1, 0.15) is 18.1 Å². The van der Waals surface area contributed by atoms with Gasteiger partial charge < -0.3 is 16.2 Å². The zero-order valence-corrected chi connectivity index (χ0v) is 8.85. The first kappa shape index (κ1) is 11.8. The summed E-state index contributed by atoms with van der Waals surface area (Å²) >= 11 is 0. The summed E-state index contributed by atoms with van der Waals surface area (Å²) in [6.45, 7) is -0.447. The summed E-state index contributed by atoms with van der Waals surface area (Å²) in [5, 5.41) is 10.8. The lowest BCUT2D eigenvalue weighted by Crippen LogP contribution is -2.40. The Kier molecular flexibility index (Phi) is 3.02. The fourth-order valence-electron chi connectivity index (χ4n) is 1.19. The average molecular weight is 228 g/mol. The summed E-state index contributed by atoms with van der Waals surface area (Å²) in [7, 11) is 2.68. The molecule has 0 fully saturated rings. The normalized spacial score (nSPS) is 10.1. The molecule has 0 spiro atoms. The van der Waals surface area contributed by atoms with E-state index in [1.165, 1.54) is 14.1 Å². The lowest BCUT2D eigenvalue weighted by molar-refractivity contribution is -0.134. The highest BCUT2D eigenvalue weighted by molar-refractivity contribution is 5.74. The minimum absolute atomic E-state index is 0.0886. The Hall–Kier alpha value is -2.25. The van der Waals surface area contributed by atoms with Gasteiger partial charge in [0, 0.05) is 14.1 Å². The Bertz CT molecular complexity index is 542. The smallest absolute Gasteiger partial charge is 0.332 e. The van der Waals surface area contributed by atoms with Crippen molar-refractivity contribution >= 4 is 17.5 Å². The highest BCUT2D eigenvalue weighted by Gasteiger charge is 2.13. The molecule has 0 saturated carbocycles. The van der Waals surface area contributed by atoms with Gasteiger partial charge in [-0.3, -0.25) is 18.7 Å². The molecule has 1 aromatic rings. The standard InChI is InChI=1S/C8H12N4O4/c1-11-6(9)5(10-3-4(13)14)7(15)12(2)8(11)16/h10H,3,9H2,1-2H3,(H,13,14). The molecule has 0 aliphatic rings. The van der Waals surface area contributed by atoms with E-state index >= 15 is 0 Å². The van der Waals surface area contributed by atoms with E-state index in [0.29, 0.717) is 0 Å². The number of nitrogens with zero attached hydrogens (tertiary/aromatic N) is 2. The van der Waals surface area contributed by atoms with Crippen LogP contribution in [0, 0.1) is 0 Å². The molecule has 1 rings (SSSR count). The van der Waals surface area contributed by atoms with Gasteiger partial charge in [0.25, 0.3) is 5.56 Å². The van der Waals surface area contributed by atoms with Gasteiger partial charge in [-0.15, -0.1) is 0 Å². The van der Waals surface area contributed by atoms with Crippen LogP contribution in [-0.2, 0) is 18.9 Å². The average Bonchev–Trinajstić information content (AvgIpc) is 2.23. The summed E-state index contributed by atoms with van der Waals surface area (Å²) in [6, 6.07) is 0. The Morgan fingerprint density at radius 2 is 1.94 bits per heavy atom. The van der Waals surface area contributed by atoms with Crippen LogP contribution in [0.25, 0.3) is 0 Å². The SMILES string of the molecule is Cn1c(N)c(NCC(=O)O)c(=O)n(C)c1=O. The highest BCUT2D eigenvalue weighted by atomic mass is 16.4. The van der Waals surface area contributed by atoms with Gasteiger partial charge in [0.05, 0.1) is 0 Å². The van der Waals surface area contributed by atoms with E-state index in [2.05, 4.69) is 5.32 Å². The van der Waals surface area contributed by atoms with Crippen LogP contribution in [0.5, 0.6) is 0 Å². The van der Waals surface area contributed by atoms with E-state index in [-0.39, 0.29) is 11.5 Å². The third-order valence-corrected chi connectivity index (χ3v) is 2.13. The first-order valence-electron chi connectivity index (χ1n) is 4.37. The van der Waals surface area contributed by atoms with E-state index in [4.69, 9.17) is 10.8 Å². The fraction of sp³-hybridized carbons (Fsp3) is 0.375. The Balaban J connectivity index is 3.35. The van der Waals surface area contributed by atoms with Crippen molar-refractivity contribution < 1.29 is 9.90 Å². The van der Waals surface area contributed by atoms with Crippen LogP contribution in [0.4, 0.5) is 11.5 Å². The number of aliphatic carboxylic acids is 1. The van der Waals surface area contributed by atoms with Crippen LogP contribution in [-0.4, -0.2) is 26.8 Å². The summed E-state index contributed by atoms with van der Waals surface area (Å²) in [6.07, 6.45) is 0. The van der Waals surface area contributed by atoms with Crippen LogP contribution >= 0.6 is 0 Å². The number of nitrogens with two attached hydrogens (primary N) is 1. The maximum absolute atomic E-state index is 11.6. The second-order valence-electron chi connectivity index (χ2n) is 3.21. The molecule has 0 radical (unpaired) electrons. The number of carboxylic acids is 1. The Labute approximate surface area is 89.9 Å². The van der Waals surface area contributed by atoms with E-state index in [0.717, 1.165) is 9.13 Å². The van der Waals surface area contributed by atoms with E-state index in [9.17, 15) is 14.4 Å². The van der Waals surface area contributed by atoms with E-state index < -0.39 is 23.8 Å². The fourth-order valence-corrected chi connectivity index (χ4v) is 1.19. The van der Waals surface area contributed by atoms with Crippen molar-refractivity contribution in [3.63, 3.8) is 0 Å². The largest absolute Gasteiger partial charge is 0.480 e. The number of hydrogen-bond donors (Lipinski definition) is 3. The molecule has 0 aromatic carbocycles. The highest BCUT2D eigenvalue weighted by Crippen LogP contribution is 2.07. The second-order valence-corrected chi connectivity index (χ2v) is 3.21. The van der Waals surface area contributed by atoms with Crippen LogP contribution in [0.15, 0.2) is 9.59 Å². The van der Waals surface area contributed by atoms with Crippen molar-refractivity contribution in [2.24, 2.45) is 14.1 Å². The topological polar surface area (TPSA) is 119 Å². The Morgan fingerprint density at radius 1 is 1.38 bits per heavy atom. The summed E-state index contributed by atoms with van der Waals surface area (Å²) in [4.78, 5) is 33.3. The van der Waals surface area contributed by atoms with Gasteiger partial charge >= 0.3 is 11.7 Å². The van der Waals surface area contributed by atoms with E-state index in [1.54, 1.807) is 0 Å². The summed E-state index contributed by atoms with van der Waals surface area (Å²) in [5.74, 6) is -1.22. The van der Waals surface area contributed by atoms with Gasteiger partial charge in [-0.25, -0.2) is 4.79 Å². The molecule has 1 aromatic heterocycles. The van der Waals surface area contributed by atoms with Crippen LogP contribution < -0.4 is 22.3 Å². The minimum atomic E-state index is -1.13. The molecule has 0 atom stereocenters. The Morgan fingerprint density at radius 3 is 2.44 bits per heavy atom. The number of aromatic nitrogens is 2. The number of hydrogen-bond acceptors (Lipinski definition) is 5. The molecular weight excluding hydrogens is 216 g/mol. The molecular formula is C8H12N4O4. The molecule has 8 heteroatoms. The first-order chi connectivity index (χ1) is 7.36. The van der Waals surface area contributed by atoms with Gasteiger partial charge in [-0.1, -0.05) is 0 Å². The minimum Gasteiger partial charge on any atom is -0.480 e. The predicted molar refractivity (Wildman–Crippen MR) is 57.5 cm³/mol. The molecule has 8 nitrogen and oxygen atoms in total. The number of rotatable bonds is 3. The van der Waals surface area contributed by atoms with Gasteiger partial charge in [-0.2, -0.15) is 0 Å². The molecule has 0 bridgehead atoms. The zero-order valence-electron chi connectivity index (χ0n) is 8.85. The monoisotopic (exact) mass is 228 g/mol. The molecule has 0 aliphatic carbocycles. The van der Waals surface area contributed by atoms with Crippen LogP contribution in [0.1, 0.15) is 0 Å². The second kappa shape index (κ2) is 4.09. The third-order valence-electron chi connectivity index (χ3n) is 2.13. The number of nitrogens with one attached hydrogen (secondary N) is 1. The third kappa shape index (κ3) is 1.90. The molecule has 88 valence electrons. The molecule has 16 heavy (non-hydrogen) atoms. The number of anilines is 2. The van der Waals surface area contributed by atoms with Crippen molar-refractivity contribution in [1.29, 1.82) is 0 Å². The summed E-state index contributed by atoms with van der Waals surface area (Å²) in [5.41, 5.74) is 4.23. The molecule has 0 aliphatic heterocycles. The molecule has 1 heterocycles. The molecule has 4 N–H and O–H groups in total. The van der Waals surface area contributed by atoms with Crippen molar-refractivity contribution in [1.82, 2.24) is 9.13 Å². The zero-order chi connectivity index (χ0) is 12.5. The predicted octanol–water partition coefficient (Wildman–Crippen LogP) is -1.84. The van der Waals surface area contributed by atoms with Crippen molar-refractivity contribution in [2.45, 2.75) is 0 Å². The lowest BCUT2D eigenvalue weighted by Gasteiger charge is -2.11. The molecule has 0 amide bonds. The molecule has 0 unspecified atom stereocenters. The number of nitrogen functional groups attached to an aromatic ring is 1. The quantitative estimate of drug-likeness (QED) is 0.559. The van der Waals surface area contributed by atoms with Crippen molar-refractivity contribution in [2.75, 3.05) is 17.6 Å². The lowest BCUT2D eigenvalue weighted by atomic mass is 10.4. The number of carboxylic acid groups (broad SMARTS) is 1. The summed E-state index contributed by atoms with van der Waals surface area (Å²) < 4.78 is 1.91. The van der Waals surface area contributed by atoms with Gasteiger partial charge in [-0.05, 0) is 0 Å². The maximum Gasteiger partial charge on any atom is 0.332 e. The van der Waals surface area contributed by atoms with Gasteiger partial charge in [0.15, 0.2) is 0 Å². The molecule has 0 saturated heterocycles. The maximum atomic E-state index is 11.6. The number of carbonyl (C=O) groups is 1. The van der Waals surface area contributed by atoms with Crippen molar-refractivity contribution in [3.05, 3.63) is 20.8 Å². The van der Waals surface area contributed by atoms with Gasteiger partial charge in [0.2, 0.25) is 0 Å². The van der Waals surface area contributed by atoms with Crippen LogP contribution in [0.2, 0.25) is 0 Å². The first-order valence-corrected chi connectivity index (χ1v) is 4.37. The van der Waals surface area contributed by atoms with Crippen molar-refractivity contribution in [3.8, 4) is 0 Å². The van der Waals surface area contributed by atoms with E-state index in [1.807, 2.05) is 0 Å².